The second kappa shape index (κ2) is 6.37. The number of rotatable bonds is 4. The van der Waals surface area contributed by atoms with Crippen molar-refractivity contribution in [1.29, 1.82) is 0 Å². The number of isocyanates is 2. The lowest BCUT2D eigenvalue weighted by molar-refractivity contribution is -0.160. The lowest BCUT2D eigenvalue weighted by Gasteiger charge is -2.05. The fraction of sp³-hybridized carbons (Fsp3) is 0.500. The third kappa shape index (κ3) is 4.61. The average Bonchev–Trinajstić information content (AvgIpc) is 2.18. The van der Waals surface area contributed by atoms with Crippen LogP contribution in [-0.2, 0) is 23.9 Å². The number of ether oxygens (including phenoxy) is 1. The van der Waals surface area contributed by atoms with Gasteiger partial charge in [-0.15, -0.1) is 0 Å². The predicted octanol–water partition coefficient (Wildman–Crippen LogP) is -0.495. The largest absolute Gasteiger partial charge is 0.390 e. The average molecular weight is 212 g/mol. The molecule has 0 bridgehead atoms. The van der Waals surface area contributed by atoms with Gasteiger partial charge in [0.1, 0.15) is 0 Å². The first kappa shape index (κ1) is 12.9. The maximum atomic E-state index is 11.0. The highest BCUT2D eigenvalue weighted by Crippen LogP contribution is 1.98. The lowest BCUT2D eigenvalue weighted by atomic mass is 10.3. The SMILES string of the molecule is C[C@H](N=C=O)C(=O)OC(=O)[C@H](C)N=C=O. The Balaban J connectivity index is 4.35. The second-order valence-corrected chi connectivity index (χ2v) is 2.53. The predicted molar refractivity (Wildman–Crippen MR) is 46.3 cm³/mol. The molecule has 0 aromatic rings. The summed E-state index contributed by atoms with van der Waals surface area (Å²) in [7, 11) is 0. The Hall–Kier alpha value is -2.10. The third-order valence-electron chi connectivity index (χ3n) is 1.38. The van der Waals surface area contributed by atoms with Crippen LogP contribution in [0.25, 0.3) is 0 Å². The molecular formula is C8H8N2O5. The van der Waals surface area contributed by atoms with E-state index in [-0.39, 0.29) is 0 Å². The number of carbonyl (C=O) groups excluding carboxylic acids is 4. The molecule has 0 amide bonds. The van der Waals surface area contributed by atoms with Crippen LogP contribution in [0.3, 0.4) is 0 Å². The molecule has 0 aliphatic carbocycles. The Morgan fingerprint density at radius 2 is 1.33 bits per heavy atom. The Morgan fingerprint density at radius 3 is 1.60 bits per heavy atom. The number of hydrogen-bond donors (Lipinski definition) is 0. The molecule has 0 N–H and O–H groups in total. The van der Waals surface area contributed by atoms with Crippen LogP contribution in [0, 0.1) is 0 Å². The summed E-state index contributed by atoms with van der Waals surface area (Å²) >= 11 is 0. The molecule has 0 radical (unpaired) electrons. The van der Waals surface area contributed by atoms with Crippen molar-refractivity contribution in [2.45, 2.75) is 25.9 Å². The van der Waals surface area contributed by atoms with Gasteiger partial charge in [0.2, 0.25) is 12.2 Å². The van der Waals surface area contributed by atoms with Gasteiger partial charge in [-0.25, -0.2) is 19.2 Å². The minimum atomic E-state index is -1.11. The fourth-order valence-corrected chi connectivity index (χ4v) is 0.533. The Kier molecular flexibility index (Phi) is 5.48. The first-order valence-corrected chi connectivity index (χ1v) is 3.92. The van der Waals surface area contributed by atoms with Crippen LogP contribution < -0.4 is 0 Å². The van der Waals surface area contributed by atoms with Crippen LogP contribution in [0.15, 0.2) is 9.98 Å². The number of nitrogens with zero attached hydrogens (tertiary/aromatic N) is 2. The van der Waals surface area contributed by atoms with Crippen LogP contribution in [0.2, 0.25) is 0 Å². The maximum absolute atomic E-state index is 11.0. The van der Waals surface area contributed by atoms with Crippen molar-refractivity contribution in [2.75, 3.05) is 0 Å². The normalized spacial score (nSPS) is 12.7. The van der Waals surface area contributed by atoms with Gasteiger partial charge >= 0.3 is 11.9 Å². The number of carbonyl (C=O) groups is 2. The van der Waals surface area contributed by atoms with Gasteiger partial charge in [-0.3, -0.25) is 0 Å². The van der Waals surface area contributed by atoms with Gasteiger partial charge in [0, 0.05) is 0 Å². The summed E-state index contributed by atoms with van der Waals surface area (Å²) in [5.41, 5.74) is 0. The third-order valence-corrected chi connectivity index (χ3v) is 1.38. The van der Waals surface area contributed by atoms with Crippen molar-refractivity contribution in [2.24, 2.45) is 9.98 Å². The van der Waals surface area contributed by atoms with E-state index in [1.807, 2.05) is 0 Å². The molecule has 0 aliphatic heterocycles. The van der Waals surface area contributed by atoms with Gasteiger partial charge in [0.15, 0.2) is 12.1 Å². The van der Waals surface area contributed by atoms with Crippen LogP contribution in [-0.4, -0.2) is 36.2 Å². The Labute approximate surface area is 84.8 Å². The first-order valence-electron chi connectivity index (χ1n) is 3.92. The van der Waals surface area contributed by atoms with E-state index in [4.69, 9.17) is 0 Å². The number of hydrogen-bond acceptors (Lipinski definition) is 7. The Morgan fingerprint density at radius 1 is 1.00 bits per heavy atom. The zero-order valence-electron chi connectivity index (χ0n) is 8.09. The molecular weight excluding hydrogens is 204 g/mol. The number of aliphatic imine (C=N–C) groups is 2. The van der Waals surface area contributed by atoms with Crippen molar-refractivity contribution in [1.82, 2.24) is 0 Å². The first-order chi connectivity index (χ1) is 7.02. The van der Waals surface area contributed by atoms with E-state index in [1.54, 1.807) is 0 Å². The van der Waals surface area contributed by atoms with Crippen molar-refractivity contribution in [3.63, 3.8) is 0 Å². The topological polar surface area (TPSA) is 102 Å². The van der Waals surface area contributed by atoms with Crippen molar-refractivity contribution in [3.8, 4) is 0 Å². The van der Waals surface area contributed by atoms with Crippen LogP contribution in [0.1, 0.15) is 13.8 Å². The van der Waals surface area contributed by atoms with Crippen LogP contribution in [0.4, 0.5) is 0 Å². The van der Waals surface area contributed by atoms with Crippen molar-refractivity contribution >= 4 is 24.1 Å². The molecule has 80 valence electrons. The van der Waals surface area contributed by atoms with Crippen molar-refractivity contribution < 1.29 is 23.9 Å². The minimum Gasteiger partial charge on any atom is -0.390 e. The standard InChI is InChI=1S/C8H8N2O5/c1-5(9-3-11)7(13)15-8(14)6(2)10-4-12/h5-6H,1-2H3/t5-,6-/m0/s1. The molecule has 7 nitrogen and oxygen atoms in total. The van der Waals surface area contributed by atoms with E-state index in [1.165, 1.54) is 13.8 Å². The summed E-state index contributed by atoms with van der Waals surface area (Å²) in [6.45, 7) is 2.52. The molecule has 0 fully saturated rings. The van der Waals surface area contributed by atoms with Gasteiger partial charge in [0.25, 0.3) is 0 Å². The summed E-state index contributed by atoms with van der Waals surface area (Å²) in [4.78, 5) is 47.7. The summed E-state index contributed by atoms with van der Waals surface area (Å²) in [6, 6.07) is -2.22. The van der Waals surface area contributed by atoms with E-state index in [0.29, 0.717) is 0 Å². The molecule has 0 aromatic carbocycles. The molecule has 0 aliphatic rings. The highest BCUT2D eigenvalue weighted by Gasteiger charge is 2.21. The summed E-state index contributed by atoms with van der Waals surface area (Å²) < 4.78 is 4.26. The smallest absolute Gasteiger partial charge is 0.339 e. The molecule has 0 spiro atoms. The van der Waals surface area contributed by atoms with Gasteiger partial charge < -0.3 is 4.74 Å². The van der Waals surface area contributed by atoms with Gasteiger partial charge in [0.05, 0.1) is 0 Å². The highest BCUT2D eigenvalue weighted by molar-refractivity contribution is 5.91. The Bertz CT molecular complexity index is 318. The number of esters is 2. The van der Waals surface area contributed by atoms with Crippen LogP contribution >= 0.6 is 0 Å². The van der Waals surface area contributed by atoms with Crippen LogP contribution in [0.5, 0.6) is 0 Å². The van der Waals surface area contributed by atoms with E-state index < -0.39 is 24.0 Å². The zero-order chi connectivity index (χ0) is 11.8. The molecule has 0 saturated carbocycles. The molecule has 0 saturated heterocycles. The van der Waals surface area contributed by atoms with E-state index >= 15 is 0 Å². The zero-order valence-corrected chi connectivity index (χ0v) is 8.09. The fourth-order valence-electron chi connectivity index (χ4n) is 0.533. The minimum absolute atomic E-state index is 1.00. The molecule has 0 unspecified atom stereocenters. The van der Waals surface area contributed by atoms with E-state index in [0.717, 1.165) is 12.2 Å². The molecule has 0 aromatic heterocycles. The lowest BCUT2D eigenvalue weighted by Crippen LogP contribution is -2.27. The molecule has 15 heavy (non-hydrogen) atoms. The quantitative estimate of drug-likeness (QED) is 0.270. The molecule has 7 heteroatoms. The summed E-state index contributed by atoms with van der Waals surface area (Å²) in [5.74, 6) is -2.01. The monoisotopic (exact) mass is 212 g/mol. The van der Waals surface area contributed by atoms with Crippen molar-refractivity contribution in [3.05, 3.63) is 0 Å². The second-order valence-electron chi connectivity index (χ2n) is 2.53. The molecule has 0 rings (SSSR count). The van der Waals surface area contributed by atoms with Gasteiger partial charge in [-0.1, -0.05) is 0 Å². The molecule has 2 atom stereocenters. The summed E-state index contributed by atoms with van der Waals surface area (Å²) in [6.07, 6.45) is 2.31. The van der Waals surface area contributed by atoms with E-state index in [2.05, 4.69) is 14.7 Å². The molecule has 0 heterocycles. The van der Waals surface area contributed by atoms with Gasteiger partial charge in [-0.05, 0) is 13.8 Å². The maximum Gasteiger partial charge on any atom is 0.339 e. The summed E-state index contributed by atoms with van der Waals surface area (Å²) in [5, 5.41) is 0. The van der Waals surface area contributed by atoms with Gasteiger partial charge in [-0.2, -0.15) is 9.98 Å². The van der Waals surface area contributed by atoms with E-state index in [9.17, 15) is 19.2 Å². The highest BCUT2D eigenvalue weighted by atomic mass is 16.6.